The number of rotatable bonds is 6. The molecule has 0 aliphatic heterocycles. The lowest BCUT2D eigenvalue weighted by Gasteiger charge is -2.05. The summed E-state index contributed by atoms with van der Waals surface area (Å²) in [6.45, 7) is 0.174. The molecular formula is C11H12N4O4S. The quantitative estimate of drug-likeness (QED) is 0.605. The zero-order chi connectivity index (χ0) is 14.6. The van der Waals surface area contributed by atoms with Crippen LogP contribution < -0.4 is 4.72 Å². The van der Waals surface area contributed by atoms with E-state index in [-0.39, 0.29) is 17.1 Å². The molecule has 0 aliphatic carbocycles. The summed E-state index contributed by atoms with van der Waals surface area (Å²) in [6, 6.07) is 6.65. The van der Waals surface area contributed by atoms with Crippen LogP contribution in [-0.4, -0.2) is 30.1 Å². The molecule has 0 saturated heterocycles. The second kappa shape index (κ2) is 5.80. The Morgan fingerprint density at radius 1 is 1.35 bits per heavy atom. The maximum atomic E-state index is 12.0. The lowest BCUT2D eigenvalue weighted by Crippen LogP contribution is -2.26. The van der Waals surface area contributed by atoms with Crippen molar-refractivity contribution in [3.63, 3.8) is 0 Å². The smallest absolute Gasteiger partial charge is 0.270 e. The number of nitrogens with one attached hydrogen (secondary N) is 2. The van der Waals surface area contributed by atoms with Gasteiger partial charge in [-0.15, -0.1) is 0 Å². The fraction of sp³-hybridized carbons (Fsp3) is 0.182. The third kappa shape index (κ3) is 3.39. The van der Waals surface area contributed by atoms with Crippen LogP contribution >= 0.6 is 0 Å². The van der Waals surface area contributed by atoms with Crippen molar-refractivity contribution >= 4 is 15.7 Å². The van der Waals surface area contributed by atoms with E-state index in [1.165, 1.54) is 18.2 Å². The highest BCUT2D eigenvalue weighted by molar-refractivity contribution is 7.89. The predicted octanol–water partition coefficient (Wildman–Crippen LogP) is 0.839. The van der Waals surface area contributed by atoms with E-state index >= 15 is 0 Å². The van der Waals surface area contributed by atoms with Gasteiger partial charge in [0.05, 0.1) is 9.82 Å². The Balaban J connectivity index is 2.06. The van der Waals surface area contributed by atoms with Crippen molar-refractivity contribution in [3.05, 3.63) is 52.3 Å². The van der Waals surface area contributed by atoms with Gasteiger partial charge in [0.1, 0.15) is 0 Å². The molecular weight excluding hydrogens is 284 g/mol. The summed E-state index contributed by atoms with van der Waals surface area (Å²) in [5, 5.41) is 17.1. The third-order valence-electron chi connectivity index (χ3n) is 2.58. The van der Waals surface area contributed by atoms with Crippen molar-refractivity contribution in [1.29, 1.82) is 0 Å². The molecule has 20 heavy (non-hydrogen) atoms. The molecule has 9 heteroatoms. The maximum absolute atomic E-state index is 12.0. The van der Waals surface area contributed by atoms with Crippen LogP contribution in [0.3, 0.4) is 0 Å². The van der Waals surface area contributed by atoms with E-state index in [2.05, 4.69) is 14.9 Å². The van der Waals surface area contributed by atoms with Gasteiger partial charge in [-0.3, -0.25) is 15.2 Å². The average molecular weight is 296 g/mol. The van der Waals surface area contributed by atoms with Crippen LogP contribution in [0, 0.1) is 10.1 Å². The normalized spacial score (nSPS) is 11.4. The highest BCUT2D eigenvalue weighted by atomic mass is 32.2. The minimum atomic E-state index is -3.76. The number of nitro benzene ring substituents is 1. The summed E-state index contributed by atoms with van der Waals surface area (Å²) in [5.41, 5.74) is 0.535. The van der Waals surface area contributed by atoms with Crippen molar-refractivity contribution in [1.82, 2.24) is 14.9 Å². The monoisotopic (exact) mass is 296 g/mol. The van der Waals surface area contributed by atoms with Crippen LogP contribution in [0.2, 0.25) is 0 Å². The lowest BCUT2D eigenvalue weighted by molar-refractivity contribution is -0.385. The van der Waals surface area contributed by atoms with Crippen molar-refractivity contribution in [2.45, 2.75) is 11.3 Å². The number of hydrogen-bond acceptors (Lipinski definition) is 5. The van der Waals surface area contributed by atoms with E-state index in [4.69, 9.17) is 0 Å². The van der Waals surface area contributed by atoms with E-state index in [0.717, 1.165) is 11.8 Å². The predicted molar refractivity (Wildman–Crippen MR) is 70.6 cm³/mol. The van der Waals surface area contributed by atoms with Crippen molar-refractivity contribution < 1.29 is 13.3 Å². The van der Waals surface area contributed by atoms with Gasteiger partial charge in [-0.1, -0.05) is 6.07 Å². The average Bonchev–Trinajstić information content (AvgIpc) is 2.92. The summed E-state index contributed by atoms with van der Waals surface area (Å²) in [7, 11) is -3.76. The Kier molecular flexibility index (Phi) is 4.11. The van der Waals surface area contributed by atoms with Crippen LogP contribution in [0.4, 0.5) is 5.69 Å². The Morgan fingerprint density at radius 3 is 2.80 bits per heavy atom. The number of sulfonamides is 1. The van der Waals surface area contributed by atoms with Gasteiger partial charge in [-0.05, 0) is 12.1 Å². The number of benzene rings is 1. The standard InChI is InChI=1S/C11H12N4O4S/c16-15(17)10-2-1-3-11(8-10)20(18,19)13-7-5-9-4-6-12-14-9/h1-4,6,8,13H,5,7H2,(H,12,14). The molecule has 2 N–H and O–H groups in total. The van der Waals surface area contributed by atoms with Gasteiger partial charge in [0.15, 0.2) is 0 Å². The molecule has 1 aromatic carbocycles. The molecule has 2 aromatic rings. The zero-order valence-corrected chi connectivity index (χ0v) is 11.1. The van der Waals surface area contributed by atoms with Crippen LogP contribution in [0.15, 0.2) is 41.4 Å². The van der Waals surface area contributed by atoms with Gasteiger partial charge in [0.25, 0.3) is 5.69 Å². The Hall–Kier alpha value is -2.26. The first-order valence-corrected chi connectivity index (χ1v) is 7.20. The first-order valence-electron chi connectivity index (χ1n) is 5.71. The van der Waals surface area contributed by atoms with Crippen LogP contribution in [0.25, 0.3) is 0 Å². The molecule has 0 bridgehead atoms. The number of H-pyrrole nitrogens is 1. The topological polar surface area (TPSA) is 118 Å². The first kappa shape index (κ1) is 14.2. The van der Waals surface area contributed by atoms with E-state index in [9.17, 15) is 18.5 Å². The summed E-state index contributed by atoms with van der Waals surface area (Å²) in [4.78, 5) is 9.87. The summed E-state index contributed by atoms with van der Waals surface area (Å²) in [5.74, 6) is 0. The fourth-order valence-corrected chi connectivity index (χ4v) is 2.66. The lowest BCUT2D eigenvalue weighted by atomic mass is 10.3. The minimum absolute atomic E-state index is 0.128. The summed E-state index contributed by atoms with van der Waals surface area (Å²) in [6.07, 6.45) is 2.03. The van der Waals surface area contributed by atoms with Gasteiger partial charge >= 0.3 is 0 Å². The second-order valence-corrected chi connectivity index (χ2v) is 5.75. The van der Waals surface area contributed by atoms with Gasteiger partial charge < -0.3 is 0 Å². The largest absolute Gasteiger partial charge is 0.283 e. The van der Waals surface area contributed by atoms with Crippen LogP contribution in [0.5, 0.6) is 0 Å². The van der Waals surface area contributed by atoms with Crippen LogP contribution in [-0.2, 0) is 16.4 Å². The summed E-state index contributed by atoms with van der Waals surface area (Å²) >= 11 is 0. The maximum Gasteiger partial charge on any atom is 0.270 e. The van der Waals surface area contributed by atoms with E-state index in [1.54, 1.807) is 12.3 Å². The minimum Gasteiger partial charge on any atom is -0.283 e. The molecule has 106 valence electrons. The van der Waals surface area contributed by atoms with Gasteiger partial charge in [0.2, 0.25) is 10.0 Å². The molecule has 0 saturated carbocycles. The van der Waals surface area contributed by atoms with Gasteiger partial charge in [0, 0.05) is 37.0 Å². The number of aromatic nitrogens is 2. The molecule has 0 aliphatic rings. The molecule has 8 nitrogen and oxygen atoms in total. The number of non-ortho nitro benzene ring substituents is 1. The zero-order valence-electron chi connectivity index (χ0n) is 10.3. The molecule has 0 amide bonds. The summed E-state index contributed by atoms with van der Waals surface area (Å²) < 4.78 is 26.3. The van der Waals surface area contributed by atoms with E-state index in [1.807, 2.05) is 0 Å². The second-order valence-electron chi connectivity index (χ2n) is 3.98. The highest BCUT2D eigenvalue weighted by Gasteiger charge is 2.17. The molecule has 0 atom stereocenters. The molecule has 0 spiro atoms. The van der Waals surface area contributed by atoms with Crippen LogP contribution in [0.1, 0.15) is 5.69 Å². The molecule has 0 fully saturated rings. The molecule has 0 radical (unpaired) electrons. The SMILES string of the molecule is O=[N+]([O-])c1cccc(S(=O)(=O)NCCc2ccn[nH]2)c1. The Bertz CT molecular complexity index is 697. The van der Waals surface area contributed by atoms with Gasteiger partial charge in [-0.2, -0.15) is 5.10 Å². The Morgan fingerprint density at radius 2 is 2.15 bits per heavy atom. The van der Waals surface area contributed by atoms with Crippen molar-refractivity contribution in [3.8, 4) is 0 Å². The van der Waals surface area contributed by atoms with E-state index in [0.29, 0.717) is 6.42 Å². The first-order chi connectivity index (χ1) is 9.49. The van der Waals surface area contributed by atoms with Crippen molar-refractivity contribution in [2.75, 3.05) is 6.54 Å². The highest BCUT2D eigenvalue weighted by Crippen LogP contribution is 2.16. The van der Waals surface area contributed by atoms with Gasteiger partial charge in [-0.25, -0.2) is 13.1 Å². The fourth-order valence-electron chi connectivity index (χ4n) is 1.59. The molecule has 2 rings (SSSR count). The van der Waals surface area contributed by atoms with E-state index < -0.39 is 14.9 Å². The third-order valence-corrected chi connectivity index (χ3v) is 4.04. The molecule has 1 aromatic heterocycles. The molecule has 1 heterocycles. The Labute approximate surface area is 115 Å². The number of nitrogens with zero attached hydrogens (tertiary/aromatic N) is 2. The molecule has 0 unspecified atom stereocenters. The number of nitro groups is 1. The number of aromatic amines is 1. The number of hydrogen-bond donors (Lipinski definition) is 2. The van der Waals surface area contributed by atoms with Crippen molar-refractivity contribution in [2.24, 2.45) is 0 Å².